The van der Waals surface area contributed by atoms with Gasteiger partial charge in [-0.15, -0.1) is 0 Å². The molecule has 0 saturated heterocycles. The smallest absolute Gasteiger partial charge is 0.341 e. The third-order valence-corrected chi connectivity index (χ3v) is 2.65. The Bertz CT molecular complexity index is 568. The van der Waals surface area contributed by atoms with Crippen LogP contribution in [-0.2, 0) is 11.3 Å². The molecule has 21 heavy (non-hydrogen) atoms. The first-order valence-electron chi connectivity index (χ1n) is 6.85. The molecule has 2 N–H and O–H groups in total. The maximum absolute atomic E-state index is 11.6. The summed E-state index contributed by atoms with van der Waals surface area (Å²) in [6, 6.07) is 14.6. The highest BCUT2D eigenvalue weighted by molar-refractivity contribution is 5.93. The molecule has 0 bridgehead atoms. The summed E-state index contributed by atoms with van der Waals surface area (Å²) < 4.78 is 10.4. The highest BCUT2D eigenvalue weighted by Gasteiger charge is 2.13. The maximum atomic E-state index is 11.6. The lowest BCUT2D eigenvalue weighted by molar-refractivity contribution is 0.0595. The minimum absolute atomic E-state index is 0.368. The SMILES string of the molecule is CC.COC(=O)c1ccc(N)cc1OCc1ccccc1. The second-order valence-electron chi connectivity index (χ2n) is 4.02. The largest absolute Gasteiger partial charge is 0.488 e. The first-order chi connectivity index (χ1) is 10.2. The fourth-order valence-corrected chi connectivity index (χ4v) is 1.67. The van der Waals surface area contributed by atoms with Gasteiger partial charge in [0.1, 0.15) is 17.9 Å². The lowest BCUT2D eigenvalue weighted by atomic mass is 10.2. The number of carbonyl (C=O) groups excluding carboxylic acids is 1. The van der Waals surface area contributed by atoms with Crippen LogP contribution in [0, 0.1) is 0 Å². The summed E-state index contributed by atoms with van der Waals surface area (Å²) in [6.07, 6.45) is 0. The van der Waals surface area contributed by atoms with E-state index < -0.39 is 5.97 Å². The summed E-state index contributed by atoms with van der Waals surface area (Å²) in [5.41, 5.74) is 7.63. The number of carbonyl (C=O) groups is 1. The van der Waals surface area contributed by atoms with Crippen molar-refractivity contribution in [2.45, 2.75) is 20.5 Å². The fourth-order valence-electron chi connectivity index (χ4n) is 1.67. The maximum Gasteiger partial charge on any atom is 0.341 e. The molecule has 0 aliphatic carbocycles. The van der Waals surface area contributed by atoms with Crippen LogP contribution in [0.25, 0.3) is 0 Å². The van der Waals surface area contributed by atoms with E-state index >= 15 is 0 Å². The number of nitrogen functional groups attached to an aromatic ring is 1. The van der Waals surface area contributed by atoms with Gasteiger partial charge in [-0.05, 0) is 17.7 Å². The quantitative estimate of drug-likeness (QED) is 0.688. The van der Waals surface area contributed by atoms with Crippen LogP contribution in [0.3, 0.4) is 0 Å². The van der Waals surface area contributed by atoms with Gasteiger partial charge < -0.3 is 15.2 Å². The van der Waals surface area contributed by atoms with Crippen molar-refractivity contribution < 1.29 is 14.3 Å². The number of esters is 1. The van der Waals surface area contributed by atoms with Gasteiger partial charge >= 0.3 is 5.97 Å². The number of nitrogens with two attached hydrogens (primary N) is 1. The molecule has 4 heteroatoms. The number of benzene rings is 2. The third kappa shape index (κ3) is 4.84. The van der Waals surface area contributed by atoms with E-state index in [4.69, 9.17) is 15.2 Å². The Balaban J connectivity index is 0.00000106. The molecule has 0 saturated carbocycles. The van der Waals surface area contributed by atoms with E-state index in [2.05, 4.69) is 0 Å². The third-order valence-electron chi connectivity index (χ3n) is 2.65. The molecule has 2 aromatic rings. The highest BCUT2D eigenvalue weighted by Crippen LogP contribution is 2.23. The fraction of sp³-hybridized carbons (Fsp3) is 0.235. The van der Waals surface area contributed by atoms with Crippen LogP contribution in [0.5, 0.6) is 5.75 Å². The zero-order chi connectivity index (χ0) is 15.7. The number of hydrogen-bond donors (Lipinski definition) is 1. The van der Waals surface area contributed by atoms with Crippen LogP contribution in [0.15, 0.2) is 48.5 Å². The van der Waals surface area contributed by atoms with Crippen LogP contribution in [-0.4, -0.2) is 13.1 Å². The van der Waals surface area contributed by atoms with Gasteiger partial charge in [0.15, 0.2) is 0 Å². The Morgan fingerprint density at radius 2 is 1.76 bits per heavy atom. The van der Waals surface area contributed by atoms with Crippen LogP contribution >= 0.6 is 0 Å². The summed E-state index contributed by atoms with van der Waals surface area (Å²) >= 11 is 0. The second kappa shape index (κ2) is 8.64. The standard InChI is InChI=1S/C15H15NO3.C2H6/c1-18-15(17)13-8-7-12(16)9-14(13)19-10-11-5-3-2-4-6-11;1-2/h2-9H,10,16H2,1H3;1-2H3. The highest BCUT2D eigenvalue weighted by atomic mass is 16.5. The summed E-state index contributed by atoms with van der Waals surface area (Å²) in [4.78, 5) is 11.6. The van der Waals surface area contributed by atoms with Crippen molar-refractivity contribution in [3.05, 3.63) is 59.7 Å². The van der Waals surface area contributed by atoms with E-state index in [1.165, 1.54) is 7.11 Å². The van der Waals surface area contributed by atoms with Crippen LogP contribution < -0.4 is 10.5 Å². The van der Waals surface area contributed by atoms with Crippen molar-refractivity contribution in [1.82, 2.24) is 0 Å². The molecule has 0 aliphatic heterocycles. The van der Waals surface area contributed by atoms with Crippen molar-refractivity contribution in [2.24, 2.45) is 0 Å². The minimum Gasteiger partial charge on any atom is -0.488 e. The average molecular weight is 287 g/mol. The molecule has 0 atom stereocenters. The van der Waals surface area contributed by atoms with Crippen molar-refractivity contribution in [3.63, 3.8) is 0 Å². The predicted octanol–water partition coefficient (Wildman–Crippen LogP) is 3.66. The van der Waals surface area contributed by atoms with Gasteiger partial charge in [0.05, 0.1) is 7.11 Å². The Morgan fingerprint density at radius 1 is 1.10 bits per heavy atom. The van der Waals surface area contributed by atoms with Gasteiger partial charge in [-0.2, -0.15) is 0 Å². The first kappa shape index (κ1) is 16.6. The normalized spacial score (nSPS) is 9.29. The van der Waals surface area contributed by atoms with Gasteiger partial charge in [-0.1, -0.05) is 44.2 Å². The van der Waals surface area contributed by atoms with E-state index in [0.29, 0.717) is 23.6 Å². The zero-order valence-electron chi connectivity index (χ0n) is 12.6. The molecule has 112 valence electrons. The Morgan fingerprint density at radius 3 is 2.38 bits per heavy atom. The first-order valence-corrected chi connectivity index (χ1v) is 6.85. The molecule has 0 heterocycles. The van der Waals surface area contributed by atoms with E-state index in [0.717, 1.165) is 5.56 Å². The van der Waals surface area contributed by atoms with Crippen LogP contribution in [0.4, 0.5) is 5.69 Å². The van der Waals surface area contributed by atoms with E-state index in [9.17, 15) is 4.79 Å². The topological polar surface area (TPSA) is 61.5 Å². The molecule has 2 rings (SSSR count). The number of methoxy groups -OCH3 is 1. The summed E-state index contributed by atoms with van der Waals surface area (Å²) in [5.74, 6) is -0.0150. The van der Waals surface area contributed by atoms with Gasteiger partial charge in [-0.3, -0.25) is 0 Å². The monoisotopic (exact) mass is 287 g/mol. The summed E-state index contributed by atoms with van der Waals surface area (Å²) in [5, 5.41) is 0. The number of hydrogen-bond acceptors (Lipinski definition) is 4. The molecule has 0 unspecified atom stereocenters. The molecule has 0 radical (unpaired) electrons. The minimum atomic E-state index is -0.442. The van der Waals surface area contributed by atoms with Gasteiger partial charge in [0.2, 0.25) is 0 Å². The Kier molecular flexibility index (Phi) is 6.81. The molecule has 0 spiro atoms. The summed E-state index contributed by atoms with van der Waals surface area (Å²) in [6.45, 7) is 4.37. The Labute approximate surface area is 125 Å². The van der Waals surface area contributed by atoms with Gasteiger partial charge in [0.25, 0.3) is 0 Å². The number of anilines is 1. The molecular formula is C17H21NO3. The van der Waals surface area contributed by atoms with Crippen molar-refractivity contribution >= 4 is 11.7 Å². The Hall–Kier alpha value is -2.49. The van der Waals surface area contributed by atoms with E-state index in [1.807, 2.05) is 44.2 Å². The number of ether oxygens (including phenoxy) is 2. The molecule has 0 aromatic heterocycles. The lowest BCUT2D eigenvalue weighted by Crippen LogP contribution is -2.06. The molecule has 0 amide bonds. The molecule has 2 aromatic carbocycles. The van der Waals surface area contributed by atoms with Crippen LogP contribution in [0.1, 0.15) is 29.8 Å². The van der Waals surface area contributed by atoms with Crippen molar-refractivity contribution in [1.29, 1.82) is 0 Å². The number of rotatable bonds is 4. The van der Waals surface area contributed by atoms with E-state index in [1.54, 1.807) is 18.2 Å². The van der Waals surface area contributed by atoms with Gasteiger partial charge in [-0.25, -0.2) is 4.79 Å². The molecule has 4 nitrogen and oxygen atoms in total. The van der Waals surface area contributed by atoms with E-state index in [-0.39, 0.29) is 0 Å². The molecular weight excluding hydrogens is 266 g/mol. The lowest BCUT2D eigenvalue weighted by Gasteiger charge is -2.11. The molecule has 0 fully saturated rings. The molecule has 0 aliphatic rings. The average Bonchev–Trinajstić information content (AvgIpc) is 2.55. The predicted molar refractivity (Wildman–Crippen MR) is 84.3 cm³/mol. The van der Waals surface area contributed by atoms with Gasteiger partial charge in [0, 0.05) is 11.8 Å². The van der Waals surface area contributed by atoms with Crippen molar-refractivity contribution in [3.8, 4) is 5.75 Å². The zero-order valence-corrected chi connectivity index (χ0v) is 12.6. The van der Waals surface area contributed by atoms with Crippen LogP contribution in [0.2, 0.25) is 0 Å². The van der Waals surface area contributed by atoms with Crippen molar-refractivity contribution in [2.75, 3.05) is 12.8 Å². The second-order valence-corrected chi connectivity index (χ2v) is 4.02. The summed E-state index contributed by atoms with van der Waals surface area (Å²) in [7, 11) is 1.33.